The molecule has 0 fully saturated rings. The van der Waals surface area contributed by atoms with E-state index in [-0.39, 0.29) is 5.82 Å². The second-order valence-electron chi connectivity index (χ2n) is 3.58. The van der Waals surface area contributed by atoms with Gasteiger partial charge >= 0.3 is 0 Å². The Kier molecular flexibility index (Phi) is 2.92. The molecule has 0 aliphatic heterocycles. The zero-order valence-electron chi connectivity index (χ0n) is 8.94. The zero-order chi connectivity index (χ0) is 11.5. The van der Waals surface area contributed by atoms with Gasteiger partial charge in [-0.15, -0.1) is 0 Å². The largest absolute Gasteiger partial charge is 0.326 e. The lowest BCUT2D eigenvalue weighted by Crippen LogP contribution is -1.99. The van der Waals surface area contributed by atoms with Crippen LogP contribution in [0.3, 0.4) is 0 Å². The fourth-order valence-corrected chi connectivity index (χ4v) is 1.39. The highest BCUT2D eigenvalue weighted by Crippen LogP contribution is 2.17. The lowest BCUT2D eigenvalue weighted by atomic mass is 10.1. The first kappa shape index (κ1) is 10.7. The molecule has 0 aliphatic carbocycles. The Morgan fingerprint density at radius 2 is 1.94 bits per heavy atom. The van der Waals surface area contributed by atoms with Gasteiger partial charge in [0.15, 0.2) is 5.82 Å². The molecule has 4 heteroatoms. The van der Waals surface area contributed by atoms with Crippen LogP contribution in [0.5, 0.6) is 0 Å². The van der Waals surface area contributed by atoms with Gasteiger partial charge in [-0.25, -0.2) is 14.4 Å². The first-order chi connectivity index (χ1) is 7.70. The first-order valence-electron chi connectivity index (χ1n) is 4.98. The molecule has 1 aromatic heterocycles. The molecule has 0 aliphatic rings. The Hall–Kier alpha value is -1.81. The molecule has 0 spiro atoms. The molecule has 0 saturated carbocycles. The van der Waals surface area contributed by atoms with Crippen molar-refractivity contribution >= 4 is 0 Å². The van der Waals surface area contributed by atoms with Crippen LogP contribution < -0.4 is 5.73 Å². The molecule has 16 heavy (non-hydrogen) atoms. The highest BCUT2D eigenvalue weighted by Gasteiger charge is 2.03. The van der Waals surface area contributed by atoms with Gasteiger partial charge in [-0.1, -0.05) is 0 Å². The number of nitrogens with zero attached hydrogens (tertiary/aromatic N) is 2. The van der Waals surface area contributed by atoms with Gasteiger partial charge in [-0.3, -0.25) is 0 Å². The maximum atomic E-state index is 13.1. The molecule has 2 rings (SSSR count). The van der Waals surface area contributed by atoms with Gasteiger partial charge < -0.3 is 5.73 Å². The van der Waals surface area contributed by atoms with E-state index in [1.54, 1.807) is 31.5 Å². The van der Waals surface area contributed by atoms with Gasteiger partial charge in [0.25, 0.3) is 0 Å². The van der Waals surface area contributed by atoms with Gasteiger partial charge in [0.1, 0.15) is 5.82 Å². The normalized spacial score (nSPS) is 10.4. The van der Waals surface area contributed by atoms with Gasteiger partial charge in [-0.05, 0) is 30.7 Å². The summed E-state index contributed by atoms with van der Waals surface area (Å²) in [5.74, 6) is 0.364. The zero-order valence-corrected chi connectivity index (χ0v) is 8.94. The topological polar surface area (TPSA) is 51.8 Å². The molecule has 3 nitrogen and oxygen atoms in total. The number of aryl methyl sites for hydroxylation is 1. The van der Waals surface area contributed by atoms with Gasteiger partial charge in [0.05, 0.1) is 0 Å². The van der Waals surface area contributed by atoms with E-state index in [9.17, 15) is 4.39 Å². The van der Waals surface area contributed by atoms with Crippen molar-refractivity contribution in [2.24, 2.45) is 5.73 Å². The van der Waals surface area contributed by atoms with Crippen LogP contribution in [0.15, 0.2) is 30.6 Å². The molecule has 0 atom stereocenters. The molecule has 2 aromatic rings. The second-order valence-corrected chi connectivity index (χ2v) is 3.58. The number of nitrogens with two attached hydrogens (primary N) is 1. The molecule has 0 unspecified atom stereocenters. The van der Waals surface area contributed by atoms with Crippen LogP contribution >= 0.6 is 0 Å². The minimum absolute atomic E-state index is 0.220. The predicted molar refractivity (Wildman–Crippen MR) is 60.1 cm³/mol. The fraction of sp³-hybridized carbons (Fsp3) is 0.167. The first-order valence-corrected chi connectivity index (χ1v) is 4.98. The minimum atomic E-state index is -0.220. The fourth-order valence-electron chi connectivity index (χ4n) is 1.39. The highest BCUT2D eigenvalue weighted by atomic mass is 19.1. The van der Waals surface area contributed by atoms with Crippen molar-refractivity contribution in [1.29, 1.82) is 0 Å². The molecule has 0 amide bonds. The summed E-state index contributed by atoms with van der Waals surface area (Å²) in [5, 5.41) is 0. The molecular weight excluding hydrogens is 205 g/mol. The van der Waals surface area contributed by atoms with Gasteiger partial charge in [-0.2, -0.15) is 0 Å². The maximum Gasteiger partial charge on any atom is 0.159 e. The van der Waals surface area contributed by atoms with E-state index in [2.05, 4.69) is 9.97 Å². The van der Waals surface area contributed by atoms with Crippen molar-refractivity contribution in [3.63, 3.8) is 0 Å². The monoisotopic (exact) mass is 217 g/mol. The van der Waals surface area contributed by atoms with E-state index >= 15 is 0 Å². The van der Waals surface area contributed by atoms with E-state index in [1.165, 1.54) is 6.07 Å². The lowest BCUT2D eigenvalue weighted by molar-refractivity contribution is 0.618. The van der Waals surface area contributed by atoms with Crippen LogP contribution in [0.2, 0.25) is 0 Å². The highest BCUT2D eigenvalue weighted by molar-refractivity contribution is 5.55. The molecule has 82 valence electrons. The number of benzene rings is 1. The third-order valence-corrected chi connectivity index (χ3v) is 2.36. The molecule has 1 heterocycles. The van der Waals surface area contributed by atoms with E-state index in [0.29, 0.717) is 17.9 Å². The number of halogens is 1. The summed E-state index contributed by atoms with van der Waals surface area (Å²) < 4.78 is 13.1. The van der Waals surface area contributed by atoms with Crippen molar-refractivity contribution < 1.29 is 4.39 Å². The van der Waals surface area contributed by atoms with E-state index in [1.807, 2.05) is 0 Å². The SMILES string of the molecule is Cc1cc(-c2ncc(CN)cn2)ccc1F. The van der Waals surface area contributed by atoms with Crippen LogP contribution in [0, 0.1) is 12.7 Å². The maximum absolute atomic E-state index is 13.1. The van der Waals surface area contributed by atoms with Crippen LogP contribution in [-0.2, 0) is 6.54 Å². The molecule has 0 radical (unpaired) electrons. The van der Waals surface area contributed by atoms with Crippen molar-refractivity contribution in [3.05, 3.63) is 47.5 Å². The summed E-state index contributed by atoms with van der Waals surface area (Å²) in [5.41, 5.74) is 7.73. The van der Waals surface area contributed by atoms with Crippen LogP contribution in [0.1, 0.15) is 11.1 Å². The van der Waals surface area contributed by atoms with Gasteiger partial charge in [0.2, 0.25) is 0 Å². The predicted octanol–water partition coefficient (Wildman–Crippen LogP) is 2.05. The summed E-state index contributed by atoms with van der Waals surface area (Å²) >= 11 is 0. The van der Waals surface area contributed by atoms with Crippen LogP contribution in [-0.4, -0.2) is 9.97 Å². The van der Waals surface area contributed by atoms with E-state index < -0.39 is 0 Å². The third-order valence-electron chi connectivity index (χ3n) is 2.36. The minimum Gasteiger partial charge on any atom is -0.326 e. The molecule has 1 aromatic carbocycles. The summed E-state index contributed by atoms with van der Waals surface area (Å²) in [6.07, 6.45) is 3.36. The van der Waals surface area contributed by atoms with E-state index in [0.717, 1.165) is 11.1 Å². The van der Waals surface area contributed by atoms with Crippen molar-refractivity contribution in [2.45, 2.75) is 13.5 Å². The Balaban J connectivity index is 2.38. The van der Waals surface area contributed by atoms with Crippen molar-refractivity contribution in [3.8, 4) is 11.4 Å². The van der Waals surface area contributed by atoms with Crippen molar-refractivity contribution in [2.75, 3.05) is 0 Å². The van der Waals surface area contributed by atoms with Gasteiger partial charge in [0, 0.05) is 30.1 Å². The average molecular weight is 217 g/mol. The van der Waals surface area contributed by atoms with E-state index in [4.69, 9.17) is 5.73 Å². The summed E-state index contributed by atoms with van der Waals surface area (Å²) in [7, 11) is 0. The van der Waals surface area contributed by atoms with Crippen LogP contribution in [0.4, 0.5) is 4.39 Å². The Morgan fingerprint density at radius 1 is 1.25 bits per heavy atom. The van der Waals surface area contributed by atoms with Crippen LogP contribution in [0.25, 0.3) is 11.4 Å². The molecule has 0 saturated heterocycles. The third kappa shape index (κ3) is 2.06. The standard InChI is InChI=1S/C12H12FN3/c1-8-4-10(2-3-11(8)13)12-15-6-9(5-14)7-16-12/h2-4,6-7H,5,14H2,1H3. The Labute approximate surface area is 93.2 Å². The average Bonchev–Trinajstić information content (AvgIpc) is 2.33. The Morgan fingerprint density at radius 3 is 2.50 bits per heavy atom. The number of aromatic nitrogens is 2. The molecular formula is C12H12FN3. The summed E-state index contributed by atoms with van der Waals surface area (Å²) in [4.78, 5) is 8.35. The number of rotatable bonds is 2. The summed E-state index contributed by atoms with van der Waals surface area (Å²) in [6.45, 7) is 2.13. The molecule has 2 N–H and O–H groups in total. The van der Waals surface area contributed by atoms with Crippen molar-refractivity contribution in [1.82, 2.24) is 9.97 Å². The summed E-state index contributed by atoms with van der Waals surface area (Å²) in [6, 6.07) is 4.82. The lowest BCUT2D eigenvalue weighted by Gasteiger charge is -2.03. The quantitative estimate of drug-likeness (QED) is 0.837. The number of hydrogen-bond acceptors (Lipinski definition) is 3. The smallest absolute Gasteiger partial charge is 0.159 e. The second kappa shape index (κ2) is 4.37. The number of hydrogen-bond donors (Lipinski definition) is 1. The Bertz CT molecular complexity index is 494. The molecule has 0 bridgehead atoms.